The molecule has 1 saturated carbocycles. The van der Waals surface area contributed by atoms with Crippen molar-refractivity contribution >= 4 is 107 Å². The Balaban J connectivity index is 1.04. The third-order valence-electron chi connectivity index (χ3n) is 15.3. The molecule has 4 aromatic carbocycles. The van der Waals surface area contributed by atoms with Crippen LogP contribution in [0.25, 0.3) is 21.5 Å². The normalized spacial score (nSPS) is 17.9. The molecule has 0 bridgehead atoms. The molecule has 2 heterocycles. The minimum absolute atomic E-state index is 0.00294. The maximum atomic E-state index is 12.6. The van der Waals surface area contributed by atoms with Crippen LogP contribution in [0.3, 0.4) is 0 Å². The summed E-state index contributed by atoms with van der Waals surface area (Å²) in [6.45, 7) is 7.92. The van der Waals surface area contributed by atoms with E-state index in [1.54, 1.807) is 62.1 Å². The number of ether oxygens (including phenoxy) is 8. The minimum atomic E-state index is -5.41. The summed E-state index contributed by atoms with van der Waals surface area (Å²) in [6, 6.07) is 8.65. The first-order valence-corrected chi connectivity index (χ1v) is 35.6. The van der Waals surface area contributed by atoms with Crippen LogP contribution in [-0.2, 0) is 114 Å². The van der Waals surface area contributed by atoms with Gasteiger partial charge in [-0.3, -0.25) is 14.4 Å². The van der Waals surface area contributed by atoms with E-state index in [9.17, 15) is 79.2 Å². The summed E-state index contributed by atoms with van der Waals surface area (Å²) >= 11 is 0. The molecule has 1 fully saturated rings. The van der Waals surface area contributed by atoms with Gasteiger partial charge in [-0.2, -0.15) is 4.58 Å². The van der Waals surface area contributed by atoms with Gasteiger partial charge in [0.25, 0.3) is 0 Å². The molecule has 0 aromatic heterocycles. The van der Waals surface area contributed by atoms with Crippen molar-refractivity contribution in [1.82, 2.24) is 0 Å². The molecule has 3 aliphatic rings. The summed E-state index contributed by atoms with van der Waals surface area (Å²) in [7, 11) is -24.8. The quantitative estimate of drug-likeness (QED) is 0.0158. The van der Waals surface area contributed by atoms with Crippen LogP contribution in [0.2, 0.25) is 0 Å². The first-order chi connectivity index (χ1) is 42.7. The molecule has 28 nitrogen and oxygen atoms in total. The number of allylic oxidation sites excluding steroid dienone is 6. The smallest absolute Gasteiger partial charge is 0.309 e. The largest absolute Gasteiger partial charge is 0.748 e. The second-order valence-corrected chi connectivity index (χ2v) is 28.8. The van der Waals surface area contributed by atoms with Gasteiger partial charge >= 0.3 is 5.97 Å². The van der Waals surface area contributed by atoms with Crippen molar-refractivity contribution in [2.45, 2.75) is 89.4 Å². The third-order valence-corrected chi connectivity index (χ3v) is 19.5. The van der Waals surface area contributed by atoms with Gasteiger partial charge in [-0.05, 0) is 97.8 Å². The fourth-order valence-electron chi connectivity index (χ4n) is 11.2. The highest BCUT2D eigenvalue weighted by atomic mass is 32.2. The molecule has 7 rings (SSSR count). The van der Waals surface area contributed by atoms with E-state index in [0.717, 1.165) is 12.1 Å². The van der Waals surface area contributed by atoms with Crippen molar-refractivity contribution in [3.05, 3.63) is 95.7 Å². The fourth-order valence-corrected chi connectivity index (χ4v) is 14.4. The highest BCUT2D eigenvalue weighted by Gasteiger charge is 2.47. The lowest BCUT2D eigenvalue weighted by Crippen LogP contribution is -2.31. The molecular formula is C58H68N2O26S5-4. The van der Waals surface area contributed by atoms with Crippen molar-refractivity contribution in [2.75, 3.05) is 117 Å². The molecular weight excluding hydrogens is 1300 g/mol. The first kappa shape index (κ1) is 72.6. The Labute approximate surface area is 527 Å². The molecule has 1 aliphatic carbocycles. The molecule has 91 heavy (non-hydrogen) atoms. The number of rotatable bonds is 36. The van der Waals surface area contributed by atoms with E-state index in [1.807, 2.05) is 4.58 Å². The predicted molar refractivity (Wildman–Crippen MR) is 318 cm³/mol. The van der Waals surface area contributed by atoms with E-state index >= 15 is 0 Å². The molecule has 0 amide bonds. The Morgan fingerprint density at radius 1 is 0.593 bits per heavy atom. The molecule has 2 aliphatic heterocycles. The number of ketones is 2. The number of methoxy groups -OCH3 is 1. The van der Waals surface area contributed by atoms with Crippen LogP contribution in [0, 0.1) is 0 Å². The Kier molecular flexibility index (Phi) is 24.3. The molecule has 0 saturated heterocycles. The van der Waals surface area contributed by atoms with Crippen molar-refractivity contribution in [1.29, 1.82) is 0 Å². The molecule has 1 unspecified atom stereocenters. The summed E-state index contributed by atoms with van der Waals surface area (Å²) in [5.41, 5.74) is -0.154. The zero-order chi connectivity index (χ0) is 66.7. The van der Waals surface area contributed by atoms with Crippen LogP contribution in [0.4, 0.5) is 11.4 Å². The van der Waals surface area contributed by atoms with E-state index < -0.39 is 110 Å². The van der Waals surface area contributed by atoms with Gasteiger partial charge in [-0.25, -0.2) is 42.1 Å². The van der Waals surface area contributed by atoms with Gasteiger partial charge in [0.1, 0.15) is 47.1 Å². The number of benzene rings is 4. The van der Waals surface area contributed by atoms with Gasteiger partial charge in [0.05, 0.1) is 121 Å². The summed E-state index contributed by atoms with van der Waals surface area (Å²) in [4.78, 5) is 33.0. The van der Waals surface area contributed by atoms with Crippen molar-refractivity contribution in [2.24, 2.45) is 0 Å². The molecule has 0 spiro atoms. The maximum Gasteiger partial charge on any atom is 0.309 e. The summed E-state index contributed by atoms with van der Waals surface area (Å²) in [5.74, 6) is -2.32. The molecule has 4 aromatic rings. The molecule has 0 N–H and O–H groups in total. The van der Waals surface area contributed by atoms with Crippen LogP contribution in [-0.4, -0.2) is 211 Å². The molecule has 33 heteroatoms. The summed E-state index contributed by atoms with van der Waals surface area (Å²) in [5, 5.41) is -0.460. The molecule has 500 valence electrons. The number of carbonyl (C=O) groups excluding carboxylic acids is 3. The number of fused-ring (bicyclic) bond motifs is 6. The van der Waals surface area contributed by atoms with E-state index in [-0.39, 0.29) is 158 Å². The van der Waals surface area contributed by atoms with Crippen LogP contribution in [0.5, 0.6) is 0 Å². The van der Waals surface area contributed by atoms with Crippen molar-refractivity contribution in [3.8, 4) is 0 Å². The van der Waals surface area contributed by atoms with Crippen molar-refractivity contribution in [3.63, 3.8) is 0 Å². The van der Waals surface area contributed by atoms with Gasteiger partial charge in [-0.1, -0.05) is 24.3 Å². The Morgan fingerprint density at radius 2 is 1.08 bits per heavy atom. The SMILES string of the molecule is COCCN1C(=CC=CC=CC2=[N+](CCOCCOCCOCCOCCOCCOCCC(=O)OC3C(=O)CCC3=O)c3ccc4c(S(=O)(=O)[O-])cc(S(=O)(=O)[O-])cc4c3C2(C)C)C(C)(CCCS(=O)(=O)[O-])c2c1ccc1c(S(=O)(=O)[O-])cc(S(=O)(=O)[O-])cc21. The molecule has 1 atom stereocenters. The lowest BCUT2D eigenvalue weighted by molar-refractivity contribution is -0.442. The van der Waals surface area contributed by atoms with Crippen LogP contribution < -0.4 is 4.90 Å². The van der Waals surface area contributed by atoms with Gasteiger partial charge in [0, 0.05) is 72.1 Å². The summed E-state index contributed by atoms with van der Waals surface area (Å²) < 4.78 is 232. The molecule has 0 radical (unpaired) electrons. The van der Waals surface area contributed by atoms with Crippen LogP contribution >= 0.6 is 0 Å². The average molecular weight is 1370 g/mol. The number of anilines is 1. The van der Waals surface area contributed by atoms with E-state index in [4.69, 9.17) is 37.9 Å². The fraction of sp³-hybridized carbons (Fsp3) is 0.483. The van der Waals surface area contributed by atoms with E-state index in [2.05, 4.69) is 0 Å². The zero-order valence-corrected chi connectivity index (χ0v) is 54.1. The Morgan fingerprint density at radius 3 is 1.56 bits per heavy atom. The number of hydrogen-bond acceptors (Lipinski definition) is 27. The average Bonchev–Trinajstić information content (AvgIpc) is 1.65. The van der Waals surface area contributed by atoms with Gasteiger partial charge in [0.15, 0.2) is 23.8 Å². The highest BCUT2D eigenvalue weighted by Crippen LogP contribution is 2.54. The lowest BCUT2D eigenvalue weighted by atomic mass is 9.75. The Bertz CT molecular complexity index is 4110. The first-order valence-electron chi connectivity index (χ1n) is 28.4. The monoisotopic (exact) mass is 1370 g/mol. The zero-order valence-electron chi connectivity index (χ0n) is 50.0. The topological polar surface area (TPSA) is 417 Å². The van der Waals surface area contributed by atoms with Crippen LogP contribution in [0.1, 0.15) is 64.0 Å². The number of nitrogens with zero attached hydrogens (tertiary/aromatic N) is 2. The highest BCUT2D eigenvalue weighted by molar-refractivity contribution is 7.87. The number of hydrogen-bond donors (Lipinski definition) is 0. The number of esters is 1. The third kappa shape index (κ3) is 18.3. The predicted octanol–water partition coefficient (Wildman–Crippen LogP) is 3.07. The van der Waals surface area contributed by atoms with Crippen LogP contribution in [0.15, 0.2) is 104 Å². The maximum absolute atomic E-state index is 12.6. The standard InChI is InChI=1S/C58H72N2O26S5/c1-57(2)51(9-6-5-7-10-52-58(3,18-8-34-87(64,65)66)55-44-36-40(89(70,71)72)38-50(91(76,77)78)42(44)12-14-46(55)60(52)19-22-79-4)59(45-13-11-41-43(54(45)57)35-39(88(67,68)69)37-49(41)90(73,74)75)20-23-81-25-27-83-29-31-85-33-32-84-30-28-82-26-24-80-21-17-53(63)86-56-47(61)15-16-48(56)62/h5-7,9-14,35-38,56H,8,15-34H2,1-4H3,(H4-,64,65,66,67,68,69,70,71,72,73,74,75,76,77,78)/p-4. The lowest BCUT2D eigenvalue weighted by Gasteiger charge is -2.31. The van der Waals surface area contributed by atoms with Gasteiger partial charge in [-0.15, -0.1) is 0 Å². The Hall–Kier alpha value is -5.83. The summed E-state index contributed by atoms with van der Waals surface area (Å²) in [6.07, 6.45) is 6.53. The number of carbonyl (C=O) groups is 3. The second-order valence-electron chi connectivity index (χ2n) is 21.8. The van der Waals surface area contributed by atoms with E-state index in [0.29, 0.717) is 40.5 Å². The van der Waals surface area contributed by atoms with Crippen molar-refractivity contribution < 1.29 is 122 Å². The minimum Gasteiger partial charge on any atom is -0.748 e. The second kappa shape index (κ2) is 30.5. The van der Waals surface area contributed by atoms with E-state index in [1.165, 1.54) is 25.3 Å². The van der Waals surface area contributed by atoms with Gasteiger partial charge < -0.3 is 65.6 Å². The van der Waals surface area contributed by atoms with Gasteiger partial charge in [0.2, 0.25) is 11.8 Å². The number of Topliss-reactive ketones (excluding diaryl/α,β-unsaturated/α-hetero) is 2.